The van der Waals surface area contributed by atoms with Crippen molar-refractivity contribution in [3.05, 3.63) is 50.9 Å². The predicted molar refractivity (Wildman–Crippen MR) is 133 cm³/mol. The van der Waals surface area contributed by atoms with Gasteiger partial charge in [0.2, 0.25) is 5.91 Å². The molecule has 1 aromatic carbocycles. The van der Waals surface area contributed by atoms with Crippen LogP contribution in [0.15, 0.2) is 23.4 Å². The number of thioether (sulfide) groups is 1. The summed E-state index contributed by atoms with van der Waals surface area (Å²) in [4.78, 5) is 26.3. The number of rotatable bonds is 8. The maximum Gasteiger partial charge on any atom is 0.341 e. The zero-order valence-electron chi connectivity index (χ0n) is 19.4. The SMILES string of the molecule is COC(=O)c1c(NC(=O)CSc2nnc(COc3ccc(F)c(Cl)c3)n2C)sc2c1CCC(C)C2. The molecule has 3 aromatic rings. The molecule has 0 fully saturated rings. The zero-order chi connectivity index (χ0) is 25.1. The standard InChI is InChI=1S/C23H24ClFN4O4S2/c1-12-4-6-14-17(8-12)35-21(20(14)22(31)32-3)26-19(30)11-34-23-28-27-18(29(23)2)10-33-13-5-7-16(25)15(24)9-13/h5,7,9,12H,4,6,8,10-11H2,1-3H3,(H,26,30). The second-order valence-corrected chi connectivity index (χ2v) is 10.7. The summed E-state index contributed by atoms with van der Waals surface area (Å²) in [6.07, 6.45) is 2.70. The first-order chi connectivity index (χ1) is 16.8. The van der Waals surface area contributed by atoms with Gasteiger partial charge >= 0.3 is 5.97 Å². The Kier molecular flexibility index (Phi) is 7.98. The van der Waals surface area contributed by atoms with Crippen molar-refractivity contribution in [2.24, 2.45) is 13.0 Å². The summed E-state index contributed by atoms with van der Waals surface area (Å²) in [6.45, 7) is 2.28. The maximum atomic E-state index is 13.3. The number of hydrogen-bond donors (Lipinski definition) is 1. The van der Waals surface area contributed by atoms with Crippen LogP contribution in [0.2, 0.25) is 5.02 Å². The molecule has 4 rings (SSSR count). The van der Waals surface area contributed by atoms with Gasteiger partial charge in [-0.2, -0.15) is 0 Å². The van der Waals surface area contributed by atoms with Gasteiger partial charge in [-0.05, 0) is 42.9 Å². The van der Waals surface area contributed by atoms with Gasteiger partial charge in [0.15, 0.2) is 11.0 Å². The molecule has 1 aliphatic carbocycles. The number of fused-ring (bicyclic) bond motifs is 1. The van der Waals surface area contributed by atoms with E-state index in [1.54, 1.807) is 11.6 Å². The van der Waals surface area contributed by atoms with E-state index in [0.717, 1.165) is 29.7 Å². The van der Waals surface area contributed by atoms with Crippen molar-refractivity contribution in [3.8, 4) is 5.75 Å². The Labute approximate surface area is 215 Å². The normalized spacial score (nSPS) is 14.9. The van der Waals surface area contributed by atoms with E-state index >= 15 is 0 Å². The van der Waals surface area contributed by atoms with Crippen molar-refractivity contribution in [2.75, 3.05) is 18.2 Å². The minimum atomic E-state index is -0.523. The number of aromatic nitrogens is 3. The number of ether oxygens (including phenoxy) is 2. The number of carbonyl (C=O) groups excluding carboxylic acids is 2. The fourth-order valence-electron chi connectivity index (χ4n) is 3.76. The number of nitrogens with one attached hydrogen (secondary N) is 1. The first-order valence-electron chi connectivity index (χ1n) is 10.9. The lowest BCUT2D eigenvalue weighted by Crippen LogP contribution is -2.17. The van der Waals surface area contributed by atoms with Crippen LogP contribution in [0.5, 0.6) is 5.75 Å². The highest BCUT2D eigenvalue weighted by Crippen LogP contribution is 2.40. The molecular weight excluding hydrogens is 515 g/mol. The number of hydrogen-bond acceptors (Lipinski definition) is 8. The lowest BCUT2D eigenvalue weighted by molar-refractivity contribution is -0.113. The maximum absolute atomic E-state index is 13.3. The number of anilines is 1. The highest BCUT2D eigenvalue weighted by Gasteiger charge is 2.29. The summed E-state index contributed by atoms with van der Waals surface area (Å²) in [7, 11) is 3.11. The van der Waals surface area contributed by atoms with E-state index in [9.17, 15) is 14.0 Å². The van der Waals surface area contributed by atoms with E-state index < -0.39 is 11.8 Å². The van der Waals surface area contributed by atoms with Crippen molar-refractivity contribution < 1.29 is 23.5 Å². The first-order valence-corrected chi connectivity index (χ1v) is 13.1. The number of benzene rings is 1. The van der Waals surface area contributed by atoms with E-state index in [0.29, 0.717) is 33.2 Å². The van der Waals surface area contributed by atoms with Crippen molar-refractivity contribution in [3.63, 3.8) is 0 Å². The third-order valence-corrected chi connectivity index (χ3v) is 8.15. The monoisotopic (exact) mass is 538 g/mol. The van der Waals surface area contributed by atoms with Gasteiger partial charge in [0.25, 0.3) is 0 Å². The molecule has 1 amide bonds. The minimum Gasteiger partial charge on any atom is -0.486 e. The Morgan fingerprint density at radius 3 is 2.91 bits per heavy atom. The smallest absolute Gasteiger partial charge is 0.341 e. The van der Waals surface area contributed by atoms with Crippen LogP contribution >= 0.6 is 34.7 Å². The van der Waals surface area contributed by atoms with Crippen LogP contribution < -0.4 is 10.1 Å². The van der Waals surface area contributed by atoms with Crippen molar-refractivity contribution in [1.82, 2.24) is 14.8 Å². The van der Waals surface area contributed by atoms with E-state index in [4.69, 9.17) is 21.1 Å². The number of carbonyl (C=O) groups is 2. The average Bonchev–Trinajstić information content (AvgIpc) is 3.36. The summed E-state index contributed by atoms with van der Waals surface area (Å²) in [5.74, 6) is 0.350. The van der Waals surface area contributed by atoms with Gasteiger partial charge in [-0.15, -0.1) is 21.5 Å². The molecule has 8 nitrogen and oxygen atoms in total. The third-order valence-electron chi connectivity index (χ3n) is 5.67. The van der Waals surface area contributed by atoms with Crippen LogP contribution in [-0.2, 0) is 36.0 Å². The van der Waals surface area contributed by atoms with Crippen LogP contribution in [0.4, 0.5) is 9.39 Å². The first kappa shape index (κ1) is 25.5. The number of amides is 1. The highest BCUT2D eigenvalue weighted by atomic mass is 35.5. The van der Waals surface area contributed by atoms with Crippen molar-refractivity contribution in [1.29, 1.82) is 0 Å². The lowest BCUT2D eigenvalue weighted by Gasteiger charge is -2.18. The van der Waals surface area contributed by atoms with Crippen LogP contribution in [-0.4, -0.2) is 39.5 Å². The largest absolute Gasteiger partial charge is 0.486 e. The number of esters is 1. The molecule has 0 saturated carbocycles. The molecule has 0 radical (unpaired) electrons. The van der Waals surface area contributed by atoms with E-state index in [1.807, 2.05) is 0 Å². The van der Waals surface area contributed by atoms with Crippen molar-refractivity contribution in [2.45, 2.75) is 37.9 Å². The zero-order valence-corrected chi connectivity index (χ0v) is 21.8. The van der Waals surface area contributed by atoms with E-state index in [-0.39, 0.29) is 23.3 Å². The van der Waals surface area contributed by atoms with Gasteiger partial charge in [-0.3, -0.25) is 4.79 Å². The third kappa shape index (κ3) is 5.79. The Morgan fingerprint density at radius 2 is 2.17 bits per heavy atom. The molecule has 186 valence electrons. The second-order valence-electron chi connectivity index (χ2n) is 8.21. The number of halogens is 2. The average molecular weight is 539 g/mol. The van der Waals surface area contributed by atoms with E-state index in [1.165, 1.54) is 48.4 Å². The fourth-order valence-corrected chi connectivity index (χ4v) is 6.08. The highest BCUT2D eigenvalue weighted by molar-refractivity contribution is 7.99. The molecule has 12 heteroatoms. The summed E-state index contributed by atoms with van der Waals surface area (Å²) < 4.78 is 25.6. The molecule has 0 spiro atoms. The summed E-state index contributed by atoms with van der Waals surface area (Å²) >= 11 is 8.44. The van der Waals surface area contributed by atoms with Crippen LogP contribution in [0.3, 0.4) is 0 Å². The summed E-state index contributed by atoms with van der Waals surface area (Å²) in [5, 5.41) is 12.1. The van der Waals surface area contributed by atoms with Crippen LogP contribution in [0.25, 0.3) is 0 Å². The topological polar surface area (TPSA) is 95.3 Å². The molecule has 1 N–H and O–H groups in total. The van der Waals surface area contributed by atoms with Gasteiger partial charge in [-0.1, -0.05) is 30.3 Å². The Morgan fingerprint density at radius 1 is 1.37 bits per heavy atom. The number of nitrogens with zero attached hydrogens (tertiary/aromatic N) is 3. The summed E-state index contributed by atoms with van der Waals surface area (Å²) in [6, 6.07) is 4.09. The molecule has 1 aliphatic rings. The Hall–Kier alpha value is -2.63. The minimum absolute atomic E-state index is 0.0285. The molecule has 1 unspecified atom stereocenters. The summed E-state index contributed by atoms with van der Waals surface area (Å²) in [5.41, 5.74) is 1.46. The molecule has 0 saturated heterocycles. The van der Waals surface area contributed by atoms with Crippen molar-refractivity contribution >= 4 is 51.6 Å². The van der Waals surface area contributed by atoms with Gasteiger partial charge in [0.05, 0.1) is 23.4 Å². The molecule has 0 bridgehead atoms. The fraction of sp³-hybridized carbons (Fsp3) is 0.391. The van der Waals surface area contributed by atoms with Gasteiger partial charge in [0.1, 0.15) is 23.2 Å². The number of methoxy groups -OCH3 is 1. The number of thiophene rings is 1. The molecule has 1 atom stereocenters. The van der Waals surface area contributed by atoms with Gasteiger partial charge in [-0.25, -0.2) is 9.18 Å². The molecule has 0 aliphatic heterocycles. The van der Waals surface area contributed by atoms with Gasteiger partial charge < -0.3 is 19.4 Å². The van der Waals surface area contributed by atoms with Crippen LogP contribution in [0, 0.1) is 11.7 Å². The Balaban J connectivity index is 1.37. The van der Waals surface area contributed by atoms with Gasteiger partial charge in [0, 0.05) is 18.0 Å². The van der Waals surface area contributed by atoms with E-state index in [2.05, 4.69) is 22.4 Å². The lowest BCUT2D eigenvalue weighted by atomic mass is 9.88. The Bertz CT molecular complexity index is 1260. The predicted octanol–water partition coefficient (Wildman–Crippen LogP) is 4.89. The molecule has 35 heavy (non-hydrogen) atoms. The quantitative estimate of drug-likeness (QED) is 0.322. The molecular formula is C23H24ClFN4O4S2. The van der Waals surface area contributed by atoms with Crippen LogP contribution in [0.1, 0.15) is 40.0 Å². The molecule has 2 aromatic heterocycles. The second kappa shape index (κ2) is 11.0. The molecule has 2 heterocycles.